The second-order valence-corrected chi connectivity index (χ2v) is 14.8. The minimum Gasteiger partial charge on any atom is -0.485 e. The summed E-state index contributed by atoms with van der Waals surface area (Å²) in [6, 6.07) is 4.13. The van der Waals surface area contributed by atoms with Crippen LogP contribution in [0.5, 0.6) is 5.75 Å². The first-order valence-corrected chi connectivity index (χ1v) is 18.0. The number of nitrogens with zero attached hydrogens (tertiary/aromatic N) is 4. The summed E-state index contributed by atoms with van der Waals surface area (Å²) in [4.78, 5) is 53.3. The quantitative estimate of drug-likeness (QED) is 0.0508. The molecule has 2 saturated heterocycles. The van der Waals surface area contributed by atoms with Crippen molar-refractivity contribution in [2.75, 3.05) is 39.1 Å². The summed E-state index contributed by atoms with van der Waals surface area (Å²) in [7, 11) is 1.68. The van der Waals surface area contributed by atoms with Gasteiger partial charge in [0.05, 0.1) is 12.1 Å². The molecule has 3 aliphatic rings. The summed E-state index contributed by atoms with van der Waals surface area (Å²) in [5, 5.41) is 22.3. The Morgan fingerprint density at radius 3 is 2.65 bits per heavy atom. The molecule has 1 aromatic carbocycles. The monoisotopic (exact) mass is 750 g/mol. The summed E-state index contributed by atoms with van der Waals surface area (Å²) in [5.41, 5.74) is 9.82. The Morgan fingerprint density at radius 2 is 2.04 bits per heavy atom. The molecule has 0 bridgehead atoms. The van der Waals surface area contributed by atoms with Crippen LogP contribution in [0, 0.1) is 5.41 Å². The van der Waals surface area contributed by atoms with Crippen molar-refractivity contribution >= 4 is 57.2 Å². The van der Waals surface area contributed by atoms with Crippen LogP contribution >= 0.6 is 11.3 Å². The van der Waals surface area contributed by atoms with Crippen LogP contribution in [0.3, 0.4) is 0 Å². The Balaban J connectivity index is 1.33. The van der Waals surface area contributed by atoms with Gasteiger partial charge in [-0.2, -0.15) is 9.27 Å². The number of benzene rings is 1. The standard InChI is InChI=1S/C31H42N8O10S2/c1-29(2)23(26(41)39(29)49-51(44)45)37-25(40)22(19-14-50-28(33)36-19)38-48-30(3,27(42)43)21-8-6-17-13-18(5-7-20(17)47-21)24(32)35-15-31(16-46-4)9-11-34-12-10-31/h5,7,13-14,21,23,34H,6,8-12,15-16H2,1-4H3,(H2,32,35)(H2,33,36)(H,37,40)(H,42,43)(H,44,45)/b38-22-. The second kappa shape index (κ2) is 15.2. The van der Waals surface area contributed by atoms with Gasteiger partial charge in [0.15, 0.2) is 16.9 Å². The van der Waals surface area contributed by atoms with Gasteiger partial charge in [0.1, 0.15) is 23.3 Å². The molecule has 3 aliphatic heterocycles. The molecule has 0 aliphatic carbocycles. The molecule has 2 amide bonds. The predicted octanol–water partition coefficient (Wildman–Crippen LogP) is 0.579. The van der Waals surface area contributed by atoms with Crippen LogP contribution in [0.2, 0.25) is 0 Å². The number of nitrogen functional groups attached to an aromatic ring is 1. The van der Waals surface area contributed by atoms with Gasteiger partial charge in [-0.05, 0) is 83.3 Å². The number of rotatable bonds is 14. The Morgan fingerprint density at radius 1 is 1.31 bits per heavy atom. The number of aliphatic imine (C=N–C) groups is 1. The van der Waals surface area contributed by atoms with Gasteiger partial charge in [-0.15, -0.1) is 15.6 Å². The number of ether oxygens (including phenoxy) is 2. The van der Waals surface area contributed by atoms with Gasteiger partial charge >= 0.3 is 17.3 Å². The van der Waals surface area contributed by atoms with Crippen LogP contribution in [0.25, 0.3) is 0 Å². The molecular weight excluding hydrogens is 709 g/mol. The molecule has 2 fully saturated rings. The SMILES string of the molecule is COCC1(CN=C(N)c2ccc3c(c2)CCC(C(C)(O/N=C(\C(=O)NC2C(=O)N(OS(=O)O)C2(C)C)c2csc(N)n2)C(=O)O)O3)CCNCC1. The highest BCUT2D eigenvalue weighted by atomic mass is 32.2. The number of piperidine rings is 1. The largest absolute Gasteiger partial charge is 0.485 e. The molecule has 4 heterocycles. The van der Waals surface area contributed by atoms with Gasteiger partial charge in [-0.25, -0.2) is 9.78 Å². The van der Waals surface area contributed by atoms with Crippen molar-refractivity contribution in [3.63, 3.8) is 0 Å². The fraction of sp³-hybridized carbons (Fsp3) is 0.548. The fourth-order valence-electron chi connectivity index (χ4n) is 6.26. The molecule has 4 atom stereocenters. The number of hydrogen-bond acceptors (Lipinski definition) is 14. The van der Waals surface area contributed by atoms with Crippen molar-refractivity contribution in [1.29, 1.82) is 0 Å². The lowest BCUT2D eigenvalue weighted by atomic mass is 9.79. The molecule has 4 unspecified atom stereocenters. The molecule has 0 saturated carbocycles. The van der Waals surface area contributed by atoms with Gasteiger partial charge in [0, 0.05) is 30.0 Å². The summed E-state index contributed by atoms with van der Waals surface area (Å²) in [6.45, 7) is 7.17. The highest BCUT2D eigenvalue weighted by Gasteiger charge is 2.57. The Hall–Kier alpha value is -4.21. The summed E-state index contributed by atoms with van der Waals surface area (Å²) in [5.74, 6) is -2.34. The predicted molar refractivity (Wildman–Crippen MR) is 186 cm³/mol. The molecule has 51 heavy (non-hydrogen) atoms. The number of methoxy groups -OCH3 is 1. The second-order valence-electron chi connectivity index (χ2n) is 13.4. The number of aromatic nitrogens is 1. The first kappa shape index (κ1) is 38.0. The highest BCUT2D eigenvalue weighted by molar-refractivity contribution is 7.74. The maximum atomic E-state index is 13.5. The lowest BCUT2D eigenvalue weighted by Crippen LogP contribution is -2.76. The Kier molecular flexibility index (Phi) is 11.3. The van der Waals surface area contributed by atoms with Crippen LogP contribution in [0.4, 0.5) is 5.13 Å². The third-order valence-corrected chi connectivity index (χ3v) is 10.4. The maximum absolute atomic E-state index is 13.5. The summed E-state index contributed by atoms with van der Waals surface area (Å²) in [6.07, 6.45) is 1.45. The van der Waals surface area contributed by atoms with E-state index in [0.29, 0.717) is 41.8 Å². The number of oxime groups is 1. The number of nitrogens with two attached hydrogens (primary N) is 2. The Bertz CT molecular complexity index is 1740. The van der Waals surface area contributed by atoms with E-state index in [4.69, 9.17) is 35.3 Å². The molecule has 8 N–H and O–H groups in total. The van der Waals surface area contributed by atoms with E-state index >= 15 is 0 Å². The van der Waals surface area contributed by atoms with E-state index in [2.05, 4.69) is 25.1 Å². The third-order valence-electron chi connectivity index (χ3n) is 9.44. The van der Waals surface area contributed by atoms with Crippen molar-refractivity contribution in [2.24, 2.45) is 21.3 Å². The average Bonchev–Trinajstić information content (AvgIpc) is 3.53. The number of carboxylic acids is 1. The van der Waals surface area contributed by atoms with Crippen molar-refractivity contribution in [3.05, 3.63) is 40.4 Å². The number of aryl methyl sites for hydroxylation is 1. The van der Waals surface area contributed by atoms with E-state index < -0.39 is 58.1 Å². The van der Waals surface area contributed by atoms with E-state index in [0.717, 1.165) is 42.8 Å². The zero-order valence-corrected chi connectivity index (χ0v) is 30.2. The average molecular weight is 751 g/mol. The number of carboxylic acid groups (broad SMARTS) is 1. The van der Waals surface area contributed by atoms with Gasteiger partial charge in [0.25, 0.3) is 17.4 Å². The molecule has 278 valence electrons. The highest BCUT2D eigenvalue weighted by Crippen LogP contribution is 2.36. The Labute approximate surface area is 300 Å². The van der Waals surface area contributed by atoms with Crippen LogP contribution in [-0.4, -0.2) is 110 Å². The van der Waals surface area contributed by atoms with Crippen molar-refractivity contribution in [1.82, 2.24) is 20.7 Å². The normalized spacial score (nSPS) is 23.2. The number of aliphatic carboxylic acids is 1. The van der Waals surface area contributed by atoms with E-state index in [9.17, 15) is 23.7 Å². The molecular formula is C31H42N8O10S2. The van der Waals surface area contributed by atoms with Crippen LogP contribution in [-0.2, 0) is 46.0 Å². The molecule has 0 radical (unpaired) electrons. The number of amides is 2. The van der Waals surface area contributed by atoms with Crippen LogP contribution in [0.1, 0.15) is 56.9 Å². The summed E-state index contributed by atoms with van der Waals surface area (Å²) < 4.78 is 36.4. The van der Waals surface area contributed by atoms with Crippen LogP contribution in [0.15, 0.2) is 33.7 Å². The number of nitrogens with one attached hydrogen (secondary N) is 2. The molecule has 1 aromatic heterocycles. The van der Waals surface area contributed by atoms with Crippen molar-refractivity contribution < 1.29 is 46.8 Å². The van der Waals surface area contributed by atoms with E-state index in [1.54, 1.807) is 19.2 Å². The molecule has 0 spiro atoms. The zero-order valence-electron chi connectivity index (χ0n) is 28.5. The van der Waals surface area contributed by atoms with E-state index in [1.807, 2.05) is 6.07 Å². The van der Waals surface area contributed by atoms with Gasteiger partial charge < -0.3 is 41.5 Å². The molecule has 18 nitrogen and oxygen atoms in total. The number of carbonyl (C=O) groups excluding carboxylic acids is 2. The number of carbonyl (C=O) groups is 3. The minimum atomic E-state index is -2.77. The number of fused-ring (bicyclic) bond motifs is 1. The van der Waals surface area contributed by atoms with Crippen molar-refractivity contribution in [3.8, 4) is 5.75 Å². The molecule has 2 aromatic rings. The minimum absolute atomic E-state index is 0.0353. The number of hydrogen-bond donors (Lipinski definition) is 6. The zero-order chi connectivity index (χ0) is 37.1. The first-order chi connectivity index (χ1) is 24.1. The van der Waals surface area contributed by atoms with Gasteiger partial charge in [0.2, 0.25) is 0 Å². The van der Waals surface area contributed by atoms with Crippen molar-refractivity contribution in [2.45, 2.75) is 69.7 Å². The number of anilines is 1. The van der Waals surface area contributed by atoms with E-state index in [-0.39, 0.29) is 22.7 Å². The fourth-order valence-corrected chi connectivity index (χ4v) is 7.20. The van der Waals surface area contributed by atoms with E-state index in [1.165, 1.54) is 26.2 Å². The molecule has 20 heteroatoms. The third kappa shape index (κ3) is 8.00. The smallest absolute Gasteiger partial charge is 0.354 e. The number of amidine groups is 1. The topological polar surface area (TPSA) is 263 Å². The lowest BCUT2D eigenvalue weighted by Gasteiger charge is -2.50. The number of thiazole rings is 1. The number of hydroxylamine groups is 2. The van der Waals surface area contributed by atoms with Gasteiger partial charge in [-0.1, -0.05) is 5.16 Å². The van der Waals surface area contributed by atoms with Gasteiger partial charge in [-0.3, -0.25) is 19.1 Å². The lowest BCUT2D eigenvalue weighted by molar-refractivity contribution is -0.216. The number of β-lactam (4-membered cyclic amide) rings is 1. The molecule has 5 rings (SSSR count). The summed E-state index contributed by atoms with van der Waals surface area (Å²) >= 11 is -1.78. The maximum Gasteiger partial charge on any atom is 0.354 e. The van der Waals surface area contributed by atoms with Crippen LogP contribution < -0.4 is 26.8 Å². The first-order valence-electron chi connectivity index (χ1n) is 16.0.